The summed E-state index contributed by atoms with van der Waals surface area (Å²) in [5, 5.41) is 0.736. The number of carbonyl (C=O) groups excluding carboxylic acids is 2. The lowest BCUT2D eigenvalue weighted by atomic mass is 9.73. The summed E-state index contributed by atoms with van der Waals surface area (Å²) in [6.07, 6.45) is 7.46. The van der Waals surface area contributed by atoms with Crippen LogP contribution in [0, 0.1) is 23.7 Å². The van der Waals surface area contributed by atoms with Gasteiger partial charge >= 0.3 is 0 Å². The van der Waals surface area contributed by atoms with E-state index in [1.54, 1.807) is 17.3 Å². The third kappa shape index (κ3) is 4.23. The summed E-state index contributed by atoms with van der Waals surface area (Å²) in [5.74, 6) is 1.79. The Labute approximate surface area is 211 Å². The highest BCUT2D eigenvalue weighted by atomic mass is 35.5. The third-order valence-electron chi connectivity index (χ3n) is 8.72. The van der Waals surface area contributed by atoms with E-state index in [4.69, 9.17) is 11.6 Å². The second kappa shape index (κ2) is 9.51. The van der Waals surface area contributed by atoms with Crippen molar-refractivity contribution in [3.63, 3.8) is 0 Å². The Kier molecular flexibility index (Phi) is 6.23. The molecule has 8 heteroatoms. The number of carbonyl (C=O) groups is 2. The zero-order valence-corrected chi connectivity index (χ0v) is 20.7. The van der Waals surface area contributed by atoms with E-state index in [2.05, 4.69) is 31.9 Å². The van der Waals surface area contributed by atoms with Crippen LogP contribution in [0.2, 0.25) is 5.02 Å². The summed E-state index contributed by atoms with van der Waals surface area (Å²) in [6, 6.07) is 9.89. The number of benzene rings is 1. The number of anilines is 1. The minimum Gasteiger partial charge on any atom is -0.338 e. The van der Waals surface area contributed by atoms with Crippen molar-refractivity contribution in [1.29, 1.82) is 0 Å². The Morgan fingerprint density at radius 2 is 1.54 bits per heavy atom. The van der Waals surface area contributed by atoms with Crippen molar-refractivity contribution in [1.82, 2.24) is 19.8 Å². The van der Waals surface area contributed by atoms with Crippen molar-refractivity contribution >= 4 is 29.4 Å². The number of hydrogen-bond acceptors (Lipinski definition) is 6. The highest BCUT2D eigenvalue weighted by molar-refractivity contribution is 6.30. The summed E-state index contributed by atoms with van der Waals surface area (Å²) in [6.45, 7) is 5.38. The first kappa shape index (κ1) is 22.9. The van der Waals surface area contributed by atoms with E-state index in [9.17, 15) is 9.59 Å². The van der Waals surface area contributed by atoms with Crippen molar-refractivity contribution in [2.75, 3.05) is 44.2 Å². The number of aromatic nitrogens is 2. The second-order valence-corrected chi connectivity index (χ2v) is 11.0. The maximum absolute atomic E-state index is 13.3. The Bertz CT molecular complexity index is 1070. The molecule has 2 aliphatic heterocycles. The van der Waals surface area contributed by atoms with Gasteiger partial charge in [-0.2, -0.15) is 0 Å². The van der Waals surface area contributed by atoms with Crippen molar-refractivity contribution in [3.8, 4) is 0 Å². The molecule has 1 aromatic heterocycles. The number of likely N-dealkylation sites (tertiary alicyclic amines) is 1. The largest absolute Gasteiger partial charge is 0.338 e. The van der Waals surface area contributed by atoms with E-state index in [0.29, 0.717) is 18.4 Å². The molecule has 2 bridgehead atoms. The number of halogens is 1. The molecule has 4 aliphatic rings. The number of rotatable bonds is 7. The Balaban J connectivity index is 0.989. The lowest BCUT2D eigenvalue weighted by Crippen LogP contribution is -2.47. The van der Waals surface area contributed by atoms with E-state index in [1.807, 2.05) is 18.2 Å². The number of piperazine rings is 1. The molecule has 0 spiro atoms. The number of nitrogens with zero attached hydrogens (tertiary/aromatic N) is 5. The number of unbranched alkanes of at least 4 members (excludes halogenated alkanes) is 1. The SMILES string of the molecule is O=C1[C@@H]2[C@H]3C[C@@H]([C@@H]2C(=O)N1CCCCN1CCN(c2ncccn2)CC1)[C@H](c1ccc(Cl)cc1)C3. The second-order valence-electron chi connectivity index (χ2n) is 10.5. The monoisotopic (exact) mass is 493 g/mol. The summed E-state index contributed by atoms with van der Waals surface area (Å²) >= 11 is 6.07. The molecule has 2 aliphatic carbocycles. The van der Waals surface area contributed by atoms with E-state index in [-0.39, 0.29) is 29.6 Å². The summed E-state index contributed by atoms with van der Waals surface area (Å²) < 4.78 is 0. The summed E-state index contributed by atoms with van der Waals surface area (Å²) in [7, 11) is 0. The van der Waals surface area contributed by atoms with Gasteiger partial charge in [0.1, 0.15) is 0 Å². The Hall–Kier alpha value is -2.51. The Morgan fingerprint density at radius 1 is 0.857 bits per heavy atom. The molecule has 6 rings (SSSR count). The normalized spacial score (nSPS) is 30.4. The lowest BCUT2D eigenvalue weighted by Gasteiger charge is -2.34. The zero-order chi connectivity index (χ0) is 23.9. The number of imide groups is 1. The molecule has 2 amide bonds. The van der Waals surface area contributed by atoms with E-state index < -0.39 is 0 Å². The number of hydrogen-bond donors (Lipinski definition) is 0. The van der Waals surface area contributed by atoms with Crippen LogP contribution in [-0.2, 0) is 9.59 Å². The molecule has 35 heavy (non-hydrogen) atoms. The van der Waals surface area contributed by atoms with Gasteiger partial charge in [-0.05, 0) is 73.7 Å². The van der Waals surface area contributed by atoms with Gasteiger partial charge in [0.25, 0.3) is 0 Å². The molecule has 0 N–H and O–H groups in total. The van der Waals surface area contributed by atoms with Crippen LogP contribution in [0.5, 0.6) is 0 Å². The molecule has 5 atom stereocenters. The first-order valence-corrected chi connectivity index (χ1v) is 13.3. The van der Waals surface area contributed by atoms with Gasteiger partial charge in [-0.15, -0.1) is 0 Å². The van der Waals surface area contributed by atoms with Crippen LogP contribution >= 0.6 is 11.6 Å². The highest BCUT2D eigenvalue weighted by Gasteiger charge is 2.63. The maximum atomic E-state index is 13.3. The van der Waals surface area contributed by atoms with Crippen LogP contribution in [0.3, 0.4) is 0 Å². The molecule has 2 aromatic rings. The molecule has 1 aromatic carbocycles. The number of fused-ring (bicyclic) bond motifs is 5. The molecule has 7 nitrogen and oxygen atoms in total. The highest BCUT2D eigenvalue weighted by Crippen LogP contribution is 2.61. The zero-order valence-electron chi connectivity index (χ0n) is 19.9. The molecular weight excluding hydrogens is 462 g/mol. The molecule has 2 saturated heterocycles. The maximum Gasteiger partial charge on any atom is 0.233 e. The van der Waals surface area contributed by atoms with E-state index in [0.717, 1.165) is 69.4 Å². The molecule has 0 radical (unpaired) electrons. The van der Waals surface area contributed by atoms with Crippen LogP contribution in [-0.4, -0.2) is 70.9 Å². The lowest BCUT2D eigenvalue weighted by molar-refractivity contribution is -0.140. The number of amides is 2. The van der Waals surface area contributed by atoms with Gasteiger partial charge in [0.15, 0.2) is 0 Å². The quantitative estimate of drug-likeness (QED) is 0.434. The van der Waals surface area contributed by atoms with Gasteiger partial charge in [0, 0.05) is 50.1 Å². The average Bonchev–Trinajstić information content (AvgIpc) is 3.55. The van der Waals surface area contributed by atoms with E-state index >= 15 is 0 Å². The van der Waals surface area contributed by atoms with Crippen LogP contribution in [0.4, 0.5) is 5.95 Å². The molecule has 184 valence electrons. The molecule has 3 heterocycles. The topological polar surface area (TPSA) is 69.6 Å². The predicted molar refractivity (Wildman–Crippen MR) is 134 cm³/mol. The summed E-state index contributed by atoms with van der Waals surface area (Å²) in [5.41, 5.74) is 1.26. The fourth-order valence-corrected chi connectivity index (χ4v) is 7.19. The van der Waals surface area contributed by atoms with Crippen LogP contribution in [0.25, 0.3) is 0 Å². The van der Waals surface area contributed by atoms with Gasteiger partial charge in [0.05, 0.1) is 11.8 Å². The fourth-order valence-electron chi connectivity index (χ4n) is 7.07. The van der Waals surface area contributed by atoms with Crippen LogP contribution in [0.1, 0.15) is 37.2 Å². The fraction of sp³-hybridized carbons (Fsp3) is 0.556. The molecule has 0 unspecified atom stereocenters. The molecular formula is C27H32ClN5O2. The van der Waals surface area contributed by atoms with Crippen molar-refractivity contribution in [3.05, 3.63) is 53.3 Å². The molecule has 4 fully saturated rings. The van der Waals surface area contributed by atoms with Gasteiger partial charge in [-0.1, -0.05) is 23.7 Å². The van der Waals surface area contributed by atoms with Gasteiger partial charge in [-0.25, -0.2) is 9.97 Å². The average molecular weight is 494 g/mol. The third-order valence-corrected chi connectivity index (χ3v) is 8.97. The molecule has 2 saturated carbocycles. The van der Waals surface area contributed by atoms with Crippen molar-refractivity contribution < 1.29 is 9.59 Å². The smallest absolute Gasteiger partial charge is 0.233 e. The first-order valence-electron chi connectivity index (χ1n) is 12.9. The standard InChI is InChI=1S/C27H32ClN5O2/c28-20-6-4-18(5-7-20)21-16-19-17-22(21)24-23(19)25(34)33(26(24)35)11-2-1-10-31-12-14-32(15-13-31)27-29-8-3-9-30-27/h3-9,19,21-24H,1-2,10-17H2/t19-,21+,22-,23-,24+/m1/s1. The minimum absolute atomic E-state index is 0.0793. The van der Waals surface area contributed by atoms with Crippen molar-refractivity contribution in [2.24, 2.45) is 23.7 Å². The summed E-state index contributed by atoms with van der Waals surface area (Å²) in [4.78, 5) is 41.5. The van der Waals surface area contributed by atoms with Crippen molar-refractivity contribution in [2.45, 2.75) is 31.6 Å². The van der Waals surface area contributed by atoms with Crippen LogP contribution in [0.15, 0.2) is 42.7 Å². The minimum atomic E-state index is -0.116. The van der Waals surface area contributed by atoms with Crippen LogP contribution < -0.4 is 4.90 Å². The van der Waals surface area contributed by atoms with Gasteiger partial charge in [0.2, 0.25) is 17.8 Å². The predicted octanol–water partition coefficient (Wildman–Crippen LogP) is 3.46. The van der Waals surface area contributed by atoms with Gasteiger partial charge < -0.3 is 4.90 Å². The Morgan fingerprint density at radius 3 is 2.29 bits per heavy atom. The van der Waals surface area contributed by atoms with E-state index in [1.165, 1.54) is 5.56 Å². The first-order chi connectivity index (χ1) is 17.1. The van der Waals surface area contributed by atoms with Gasteiger partial charge in [-0.3, -0.25) is 19.4 Å².